The normalized spacial score (nSPS) is 9.50. The van der Waals surface area contributed by atoms with Crippen molar-refractivity contribution in [3.8, 4) is 0 Å². The van der Waals surface area contributed by atoms with Gasteiger partial charge in [-0.3, -0.25) is 8.63 Å². The lowest BCUT2D eigenvalue weighted by molar-refractivity contribution is 0.685. The van der Waals surface area contributed by atoms with Crippen molar-refractivity contribution >= 4 is 35.3 Å². The van der Waals surface area contributed by atoms with Crippen LogP contribution in [-0.4, -0.2) is 7.27 Å². The lowest BCUT2D eigenvalue weighted by atomic mass is 9.86. The Morgan fingerprint density at radius 1 is 1.10 bits per heavy atom. The van der Waals surface area contributed by atoms with E-state index in [1.165, 1.54) is 12.1 Å². The molecule has 10 heavy (non-hydrogen) atoms. The second kappa shape index (κ2) is 3.32. The zero-order valence-electron chi connectivity index (χ0n) is 5.02. The molecule has 0 aliphatic heterocycles. The van der Waals surface area contributed by atoms with Crippen LogP contribution in [0.2, 0.25) is 0 Å². The van der Waals surface area contributed by atoms with Crippen LogP contribution in [0, 0.1) is 3.57 Å². The Hall–Kier alpha value is -0.125. The molecule has 1 aromatic carbocycles. The second-order valence-corrected chi connectivity index (χ2v) is 3.10. The summed E-state index contributed by atoms with van der Waals surface area (Å²) in [5.74, 6) is 0. The SMILES string of the molecule is FB(F)c1ccc(I)cc1. The molecule has 0 N–H and O–H groups in total. The first-order valence-corrected chi connectivity index (χ1v) is 3.81. The predicted molar refractivity (Wildman–Crippen MR) is 46.8 cm³/mol. The number of halogens is 3. The number of benzene rings is 1. The van der Waals surface area contributed by atoms with Crippen LogP contribution >= 0.6 is 22.6 Å². The Bertz CT molecular complexity index is 209. The van der Waals surface area contributed by atoms with Crippen LogP contribution in [-0.2, 0) is 0 Å². The lowest BCUT2D eigenvalue weighted by Crippen LogP contribution is -2.19. The zero-order chi connectivity index (χ0) is 7.56. The molecule has 0 saturated carbocycles. The van der Waals surface area contributed by atoms with Crippen LogP contribution in [0.5, 0.6) is 0 Å². The molecule has 0 unspecified atom stereocenters. The van der Waals surface area contributed by atoms with Crippen molar-refractivity contribution in [1.29, 1.82) is 0 Å². The fourth-order valence-electron chi connectivity index (χ4n) is 0.608. The monoisotopic (exact) mass is 252 g/mol. The van der Waals surface area contributed by atoms with E-state index in [0.29, 0.717) is 0 Å². The molecule has 0 spiro atoms. The highest BCUT2D eigenvalue weighted by Crippen LogP contribution is 2.01. The average Bonchev–Trinajstić information content (AvgIpc) is 1.88. The average molecular weight is 252 g/mol. The van der Waals surface area contributed by atoms with Gasteiger partial charge >= 0.3 is 7.27 Å². The van der Waals surface area contributed by atoms with Crippen LogP contribution in [0.3, 0.4) is 0 Å². The Balaban J connectivity index is 2.89. The van der Waals surface area contributed by atoms with Gasteiger partial charge in [0.25, 0.3) is 0 Å². The third-order valence-corrected chi connectivity index (χ3v) is 1.84. The Morgan fingerprint density at radius 3 is 2.00 bits per heavy atom. The highest BCUT2D eigenvalue weighted by atomic mass is 127. The van der Waals surface area contributed by atoms with Crippen LogP contribution in [0.1, 0.15) is 0 Å². The molecule has 0 amide bonds. The third kappa shape index (κ3) is 1.93. The minimum atomic E-state index is -2.35. The van der Waals surface area contributed by atoms with E-state index in [4.69, 9.17) is 0 Å². The van der Waals surface area contributed by atoms with Crippen LogP contribution in [0.25, 0.3) is 0 Å². The van der Waals surface area contributed by atoms with Gasteiger partial charge in [-0.25, -0.2) is 0 Å². The molecule has 4 heteroatoms. The molecule has 0 aliphatic carbocycles. The standard InChI is InChI=1S/C6H4BF2I/c8-7(9)5-1-3-6(10)4-2-5/h1-4H. The molecule has 0 nitrogen and oxygen atoms in total. The van der Waals surface area contributed by atoms with Gasteiger partial charge in [0.2, 0.25) is 0 Å². The molecule has 0 aromatic heterocycles. The van der Waals surface area contributed by atoms with E-state index in [-0.39, 0.29) is 5.46 Å². The maximum atomic E-state index is 11.9. The van der Waals surface area contributed by atoms with E-state index < -0.39 is 7.27 Å². The summed E-state index contributed by atoms with van der Waals surface area (Å²) in [6, 6.07) is 6.21. The highest BCUT2D eigenvalue weighted by Gasteiger charge is 2.14. The summed E-state index contributed by atoms with van der Waals surface area (Å²) >= 11 is 2.07. The summed E-state index contributed by atoms with van der Waals surface area (Å²) in [6.07, 6.45) is 0. The molecule has 0 heterocycles. The fourth-order valence-corrected chi connectivity index (χ4v) is 0.968. The largest absolute Gasteiger partial charge is 0.571 e. The first-order chi connectivity index (χ1) is 4.70. The Labute approximate surface area is 71.9 Å². The highest BCUT2D eigenvalue weighted by molar-refractivity contribution is 14.1. The van der Waals surface area contributed by atoms with Crippen molar-refractivity contribution < 1.29 is 8.63 Å². The number of rotatable bonds is 1. The molecule has 0 saturated heterocycles. The van der Waals surface area contributed by atoms with Crippen molar-refractivity contribution in [2.45, 2.75) is 0 Å². The van der Waals surface area contributed by atoms with Crippen LogP contribution in [0.4, 0.5) is 8.63 Å². The van der Waals surface area contributed by atoms with Crippen molar-refractivity contribution in [3.63, 3.8) is 0 Å². The molecule has 1 aromatic rings. The van der Waals surface area contributed by atoms with Crippen molar-refractivity contribution in [2.24, 2.45) is 0 Å². The summed E-state index contributed by atoms with van der Waals surface area (Å²) < 4.78 is 24.8. The van der Waals surface area contributed by atoms with E-state index >= 15 is 0 Å². The van der Waals surface area contributed by atoms with Gasteiger partial charge in [0.15, 0.2) is 0 Å². The molecule has 52 valence electrons. The summed E-state index contributed by atoms with van der Waals surface area (Å²) in [5, 5.41) is 0. The summed E-state index contributed by atoms with van der Waals surface area (Å²) in [7, 11) is -2.35. The van der Waals surface area contributed by atoms with Crippen LogP contribution in [0.15, 0.2) is 24.3 Å². The van der Waals surface area contributed by atoms with Crippen molar-refractivity contribution in [3.05, 3.63) is 27.8 Å². The van der Waals surface area contributed by atoms with Crippen LogP contribution < -0.4 is 5.46 Å². The molecular formula is C6H4BF2I. The maximum Gasteiger partial charge on any atom is 0.571 e. The topological polar surface area (TPSA) is 0 Å². The van der Waals surface area contributed by atoms with E-state index in [0.717, 1.165) is 3.57 Å². The molecule has 0 radical (unpaired) electrons. The molecule has 0 fully saturated rings. The maximum absolute atomic E-state index is 11.9. The molecule has 0 bridgehead atoms. The second-order valence-electron chi connectivity index (χ2n) is 1.85. The third-order valence-electron chi connectivity index (χ3n) is 1.12. The molecule has 1 rings (SSSR count). The van der Waals surface area contributed by atoms with Crippen molar-refractivity contribution in [2.75, 3.05) is 0 Å². The smallest absolute Gasteiger partial charge is 0.281 e. The lowest BCUT2D eigenvalue weighted by Gasteiger charge is -1.93. The van der Waals surface area contributed by atoms with Gasteiger partial charge in [-0.2, -0.15) is 0 Å². The zero-order valence-corrected chi connectivity index (χ0v) is 7.18. The van der Waals surface area contributed by atoms with E-state index in [1.54, 1.807) is 12.1 Å². The molecular weight excluding hydrogens is 248 g/mol. The Morgan fingerprint density at radius 2 is 1.60 bits per heavy atom. The van der Waals surface area contributed by atoms with E-state index in [2.05, 4.69) is 22.6 Å². The van der Waals surface area contributed by atoms with Gasteiger partial charge < -0.3 is 0 Å². The minimum Gasteiger partial charge on any atom is -0.281 e. The quantitative estimate of drug-likeness (QED) is 0.529. The van der Waals surface area contributed by atoms with Gasteiger partial charge in [0.1, 0.15) is 0 Å². The summed E-state index contributed by atoms with van der Waals surface area (Å²) in [4.78, 5) is 0. The Kier molecular flexibility index (Phi) is 2.65. The fraction of sp³-hybridized carbons (Fsp3) is 0. The van der Waals surface area contributed by atoms with Gasteiger partial charge in [-0.05, 0) is 40.2 Å². The number of hydrogen-bond acceptors (Lipinski definition) is 0. The van der Waals surface area contributed by atoms with E-state index in [1.807, 2.05) is 0 Å². The molecule has 0 atom stereocenters. The predicted octanol–water partition coefficient (Wildman–Crippen LogP) is 1.93. The number of hydrogen-bond donors (Lipinski definition) is 0. The first kappa shape index (κ1) is 7.98. The van der Waals surface area contributed by atoms with Crippen molar-refractivity contribution in [1.82, 2.24) is 0 Å². The first-order valence-electron chi connectivity index (χ1n) is 2.74. The summed E-state index contributed by atoms with van der Waals surface area (Å²) in [5.41, 5.74) is 0.0837. The van der Waals surface area contributed by atoms with Gasteiger partial charge in [-0.1, -0.05) is 12.1 Å². The van der Waals surface area contributed by atoms with E-state index in [9.17, 15) is 8.63 Å². The van der Waals surface area contributed by atoms with Gasteiger partial charge in [0, 0.05) is 3.57 Å². The molecule has 0 aliphatic rings. The van der Waals surface area contributed by atoms with Gasteiger partial charge in [0.05, 0.1) is 0 Å². The summed E-state index contributed by atoms with van der Waals surface area (Å²) in [6.45, 7) is 0. The minimum absolute atomic E-state index is 0.0837. The van der Waals surface area contributed by atoms with Gasteiger partial charge in [-0.15, -0.1) is 0 Å².